The van der Waals surface area contributed by atoms with E-state index >= 15 is 0 Å². The average Bonchev–Trinajstić information content (AvgIpc) is 2.73. The first-order valence-electron chi connectivity index (χ1n) is 8.48. The van der Waals surface area contributed by atoms with Crippen LogP contribution < -0.4 is 4.90 Å². The number of rotatable bonds is 3. The minimum atomic E-state index is -3.60. The molecular weight excluding hydrogens is 344 g/mol. The predicted octanol–water partition coefficient (Wildman–Crippen LogP) is 1.61. The Labute approximate surface area is 147 Å². The summed E-state index contributed by atoms with van der Waals surface area (Å²) in [5.74, 6) is -1.46. The number of aliphatic carboxylic acids is 1. The molecule has 0 bridgehead atoms. The second-order valence-electron chi connectivity index (χ2n) is 6.56. The third-order valence-corrected chi connectivity index (χ3v) is 6.76. The summed E-state index contributed by atoms with van der Waals surface area (Å²) in [7, 11) is -3.60. The Morgan fingerprint density at radius 1 is 1.12 bits per heavy atom. The molecule has 8 heteroatoms. The molecule has 0 radical (unpaired) electrons. The number of fused-ring (bicyclic) bond motifs is 1. The topological polar surface area (TPSA) is 95.0 Å². The SMILES string of the molecule is CC(=O)N1c2ccc(S(=O)(=O)N3CCCCCC3)cc2CC1C(=O)O. The Kier molecular flexibility index (Phi) is 4.83. The van der Waals surface area contributed by atoms with Crippen molar-refractivity contribution in [1.82, 2.24) is 4.31 Å². The molecule has 0 spiro atoms. The zero-order chi connectivity index (χ0) is 18.2. The van der Waals surface area contributed by atoms with Gasteiger partial charge in [0.25, 0.3) is 0 Å². The molecule has 1 saturated heterocycles. The van der Waals surface area contributed by atoms with Crippen LogP contribution in [0.5, 0.6) is 0 Å². The number of carboxylic acids is 1. The highest BCUT2D eigenvalue weighted by atomic mass is 32.2. The number of anilines is 1. The lowest BCUT2D eigenvalue weighted by atomic mass is 10.1. The lowest BCUT2D eigenvalue weighted by molar-refractivity contribution is -0.139. The molecule has 1 N–H and O–H groups in total. The van der Waals surface area contributed by atoms with E-state index < -0.39 is 22.0 Å². The van der Waals surface area contributed by atoms with Crippen LogP contribution in [0.15, 0.2) is 23.1 Å². The second kappa shape index (κ2) is 6.76. The zero-order valence-electron chi connectivity index (χ0n) is 14.1. The van der Waals surface area contributed by atoms with E-state index in [9.17, 15) is 23.1 Å². The van der Waals surface area contributed by atoms with Crippen LogP contribution in [0.25, 0.3) is 0 Å². The maximum absolute atomic E-state index is 12.9. The Hall–Kier alpha value is -1.93. The van der Waals surface area contributed by atoms with Crippen molar-refractivity contribution < 1.29 is 23.1 Å². The fourth-order valence-electron chi connectivity index (χ4n) is 3.61. The number of hydrogen-bond donors (Lipinski definition) is 1. The van der Waals surface area contributed by atoms with Crippen molar-refractivity contribution in [2.45, 2.75) is 50.0 Å². The van der Waals surface area contributed by atoms with Crippen LogP contribution in [0.2, 0.25) is 0 Å². The Morgan fingerprint density at radius 3 is 2.32 bits per heavy atom. The molecule has 1 aromatic rings. The van der Waals surface area contributed by atoms with Crippen molar-refractivity contribution in [1.29, 1.82) is 0 Å². The van der Waals surface area contributed by atoms with E-state index in [0.717, 1.165) is 25.7 Å². The summed E-state index contributed by atoms with van der Waals surface area (Å²) in [6.45, 7) is 2.33. The Morgan fingerprint density at radius 2 is 1.76 bits per heavy atom. The second-order valence-corrected chi connectivity index (χ2v) is 8.49. The molecule has 1 atom stereocenters. The van der Waals surface area contributed by atoms with Gasteiger partial charge in [-0.1, -0.05) is 12.8 Å². The first-order chi connectivity index (χ1) is 11.8. The van der Waals surface area contributed by atoms with Crippen LogP contribution in [0.4, 0.5) is 5.69 Å². The van der Waals surface area contributed by atoms with Gasteiger partial charge in [0.1, 0.15) is 6.04 Å². The van der Waals surface area contributed by atoms with Crippen molar-refractivity contribution in [3.05, 3.63) is 23.8 Å². The van der Waals surface area contributed by atoms with Crippen molar-refractivity contribution in [2.75, 3.05) is 18.0 Å². The van der Waals surface area contributed by atoms with Crippen LogP contribution in [0.1, 0.15) is 38.2 Å². The minimum absolute atomic E-state index is 0.119. The van der Waals surface area contributed by atoms with Gasteiger partial charge in [-0.05, 0) is 36.6 Å². The molecule has 7 nitrogen and oxygen atoms in total. The van der Waals surface area contributed by atoms with Crippen molar-refractivity contribution >= 4 is 27.6 Å². The quantitative estimate of drug-likeness (QED) is 0.877. The summed E-state index contributed by atoms with van der Waals surface area (Å²) in [6.07, 6.45) is 3.88. The third kappa shape index (κ3) is 3.28. The summed E-state index contributed by atoms with van der Waals surface area (Å²) in [6, 6.07) is 3.56. The van der Waals surface area contributed by atoms with Gasteiger partial charge >= 0.3 is 5.97 Å². The summed E-state index contributed by atoms with van der Waals surface area (Å²) >= 11 is 0. The molecule has 1 unspecified atom stereocenters. The van der Waals surface area contributed by atoms with Crippen molar-refractivity contribution in [3.63, 3.8) is 0 Å². The standard InChI is InChI=1S/C17H22N2O5S/c1-12(20)19-15-7-6-14(10-13(15)11-16(19)17(21)22)25(23,24)18-8-4-2-3-5-9-18/h6-7,10,16H,2-5,8-9,11H2,1H3,(H,21,22). The molecule has 2 aliphatic heterocycles. The van der Waals surface area contributed by atoms with E-state index in [4.69, 9.17) is 0 Å². The van der Waals surface area contributed by atoms with Crippen LogP contribution in [0.3, 0.4) is 0 Å². The first-order valence-corrected chi connectivity index (χ1v) is 9.92. The van der Waals surface area contributed by atoms with Gasteiger partial charge in [-0.25, -0.2) is 13.2 Å². The molecule has 1 amide bonds. The van der Waals surface area contributed by atoms with Gasteiger partial charge in [0.15, 0.2) is 0 Å². The van der Waals surface area contributed by atoms with Gasteiger partial charge in [-0.15, -0.1) is 0 Å². The van der Waals surface area contributed by atoms with Crippen LogP contribution in [0, 0.1) is 0 Å². The number of sulfonamides is 1. The van der Waals surface area contributed by atoms with Crippen LogP contribution in [-0.2, 0) is 26.0 Å². The lowest BCUT2D eigenvalue weighted by Gasteiger charge is -2.22. The molecule has 136 valence electrons. The molecule has 25 heavy (non-hydrogen) atoms. The largest absolute Gasteiger partial charge is 0.480 e. The predicted molar refractivity (Wildman–Crippen MR) is 92.0 cm³/mol. The van der Waals surface area contributed by atoms with Crippen molar-refractivity contribution in [2.24, 2.45) is 0 Å². The van der Waals surface area contributed by atoms with Gasteiger partial charge in [-0.2, -0.15) is 4.31 Å². The number of hydrogen-bond acceptors (Lipinski definition) is 4. The summed E-state index contributed by atoms with van der Waals surface area (Å²) in [5.41, 5.74) is 1.06. The lowest BCUT2D eigenvalue weighted by Crippen LogP contribution is -2.41. The van der Waals surface area contributed by atoms with Gasteiger partial charge in [0.2, 0.25) is 15.9 Å². The fourth-order valence-corrected chi connectivity index (χ4v) is 5.17. The van der Waals surface area contributed by atoms with E-state index in [2.05, 4.69) is 0 Å². The van der Waals surface area contributed by atoms with Gasteiger partial charge in [0.05, 0.1) is 4.90 Å². The monoisotopic (exact) mass is 366 g/mol. The normalized spacial score (nSPS) is 21.6. The van der Waals surface area contributed by atoms with E-state index in [1.165, 1.54) is 28.3 Å². The molecule has 1 fully saturated rings. The van der Waals surface area contributed by atoms with E-state index in [-0.39, 0.29) is 17.2 Å². The number of carbonyl (C=O) groups is 2. The average molecular weight is 366 g/mol. The van der Waals surface area contributed by atoms with Crippen LogP contribution in [-0.4, -0.2) is 48.8 Å². The molecule has 2 heterocycles. The maximum Gasteiger partial charge on any atom is 0.327 e. The van der Waals surface area contributed by atoms with Crippen LogP contribution >= 0.6 is 0 Å². The number of carbonyl (C=O) groups excluding carboxylic acids is 1. The Balaban J connectivity index is 1.96. The molecule has 2 aliphatic rings. The number of carboxylic acid groups (broad SMARTS) is 1. The summed E-state index contributed by atoms with van der Waals surface area (Å²) < 4.78 is 27.3. The molecule has 0 aliphatic carbocycles. The smallest absolute Gasteiger partial charge is 0.327 e. The fraction of sp³-hybridized carbons (Fsp3) is 0.529. The van der Waals surface area contributed by atoms with Gasteiger partial charge < -0.3 is 5.11 Å². The van der Waals surface area contributed by atoms with E-state index in [1.807, 2.05) is 0 Å². The van der Waals surface area contributed by atoms with E-state index in [1.54, 1.807) is 6.07 Å². The zero-order valence-corrected chi connectivity index (χ0v) is 15.0. The van der Waals surface area contributed by atoms with E-state index in [0.29, 0.717) is 24.3 Å². The van der Waals surface area contributed by atoms with Gasteiger partial charge in [0, 0.05) is 32.1 Å². The molecular formula is C17H22N2O5S. The first kappa shape index (κ1) is 17.9. The highest BCUT2D eigenvalue weighted by molar-refractivity contribution is 7.89. The summed E-state index contributed by atoms with van der Waals surface area (Å²) in [5, 5.41) is 9.35. The molecule has 0 aromatic heterocycles. The van der Waals surface area contributed by atoms with Crippen molar-refractivity contribution in [3.8, 4) is 0 Å². The molecule has 3 rings (SSSR count). The summed E-state index contributed by atoms with van der Waals surface area (Å²) in [4.78, 5) is 24.7. The maximum atomic E-state index is 12.9. The number of benzene rings is 1. The highest BCUT2D eigenvalue weighted by Crippen LogP contribution is 2.35. The number of nitrogens with zero attached hydrogens (tertiary/aromatic N) is 2. The number of amides is 1. The third-order valence-electron chi connectivity index (χ3n) is 4.86. The molecule has 0 saturated carbocycles. The highest BCUT2D eigenvalue weighted by Gasteiger charge is 2.38. The Bertz CT molecular complexity index is 797. The molecule has 1 aromatic carbocycles. The van der Waals surface area contributed by atoms with Gasteiger partial charge in [-0.3, -0.25) is 9.69 Å². The minimum Gasteiger partial charge on any atom is -0.480 e.